The largest absolute Gasteiger partial charge is 0.378 e. The SMILES string of the molecule is NCc1ccc(-c2ccnc(N3CCOCC3)n2)cc1. The molecule has 0 aliphatic carbocycles. The zero-order chi connectivity index (χ0) is 13.8. The molecule has 1 aliphatic heterocycles. The molecule has 1 aromatic heterocycles. The van der Waals surface area contributed by atoms with Crippen LogP contribution in [0.4, 0.5) is 5.95 Å². The van der Waals surface area contributed by atoms with Crippen LogP contribution in [0.5, 0.6) is 0 Å². The van der Waals surface area contributed by atoms with E-state index in [2.05, 4.69) is 14.9 Å². The third kappa shape index (κ3) is 2.79. The lowest BCUT2D eigenvalue weighted by Gasteiger charge is -2.26. The average molecular weight is 270 g/mol. The number of hydrogen-bond acceptors (Lipinski definition) is 5. The topological polar surface area (TPSA) is 64.3 Å². The lowest BCUT2D eigenvalue weighted by atomic mass is 10.1. The smallest absolute Gasteiger partial charge is 0.226 e. The Hall–Kier alpha value is -1.98. The van der Waals surface area contributed by atoms with Gasteiger partial charge in [-0.1, -0.05) is 24.3 Å². The molecular weight excluding hydrogens is 252 g/mol. The number of nitrogens with zero attached hydrogens (tertiary/aromatic N) is 3. The van der Waals surface area contributed by atoms with E-state index in [-0.39, 0.29) is 0 Å². The van der Waals surface area contributed by atoms with E-state index >= 15 is 0 Å². The molecule has 5 heteroatoms. The van der Waals surface area contributed by atoms with Gasteiger partial charge in [0.25, 0.3) is 0 Å². The van der Waals surface area contributed by atoms with Gasteiger partial charge in [-0.25, -0.2) is 9.97 Å². The number of anilines is 1. The van der Waals surface area contributed by atoms with Gasteiger partial charge in [-0.2, -0.15) is 0 Å². The number of benzene rings is 1. The van der Waals surface area contributed by atoms with Crippen LogP contribution in [-0.4, -0.2) is 36.3 Å². The molecule has 1 aliphatic rings. The lowest BCUT2D eigenvalue weighted by molar-refractivity contribution is 0.122. The summed E-state index contributed by atoms with van der Waals surface area (Å²) in [5.41, 5.74) is 8.76. The molecule has 1 aromatic carbocycles. The Morgan fingerprint density at radius 3 is 2.55 bits per heavy atom. The summed E-state index contributed by atoms with van der Waals surface area (Å²) in [5.74, 6) is 0.772. The molecule has 0 spiro atoms. The van der Waals surface area contributed by atoms with Gasteiger partial charge < -0.3 is 15.4 Å². The Labute approximate surface area is 118 Å². The molecule has 20 heavy (non-hydrogen) atoms. The molecule has 104 valence electrons. The van der Waals surface area contributed by atoms with Gasteiger partial charge in [-0.05, 0) is 11.6 Å². The van der Waals surface area contributed by atoms with Crippen LogP contribution < -0.4 is 10.6 Å². The van der Waals surface area contributed by atoms with Crippen molar-refractivity contribution < 1.29 is 4.74 Å². The first kappa shape index (κ1) is 13.0. The van der Waals surface area contributed by atoms with Crippen LogP contribution in [0.1, 0.15) is 5.56 Å². The van der Waals surface area contributed by atoms with Gasteiger partial charge in [0, 0.05) is 31.4 Å². The Morgan fingerprint density at radius 1 is 1.10 bits per heavy atom. The zero-order valence-electron chi connectivity index (χ0n) is 11.3. The van der Waals surface area contributed by atoms with Crippen LogP contribution in [0, 0.1) is 0 Å². The summed E-state index contributed by atoms with van der Waals surface area (Å²) in [5, 5.41) is 0. The minimum Gasteiger partial charge on any atom is -0.378 e. The van der Waals surface area contributed by atoms with Gasteiger partial charge in [-0.3, -0.25) is 0 Å². The fourth-order valence-corrected chi connectivity index (χ4v) is 2.24. The standard InChI is InChI=1S/C15H18N4O/c16-11-12-1-3-13(4-2-12)14-5-6-17-15(18-14)19-7-9-20-10-8-19/h1-6H,7-11,16H2. The summed E-state index contributed by atoms with van der Waals surface area (Å²) in [6.07, 6.45) is 1.81. The van der Waals surface area contributed by atoms with Crippen LogP contribution in [0.2, 0.25) is 0 Å². The predicted molar refractivity (Wildman–Crippen MR) is 78.4 cm³/mol. The van der Waals surface area contributed by atoms with E-state index in [1.807, 2.05) is 36.5 Å². The number of aromatic nitrogens is 2. The van der Waals surface area contributed by atoms with E-state index in [1.54, 1.807) is 0 Å². The lowest BCUT2D eigenvalue weighted by Crippen LogP contribution is -2.37. The van der Waals surface area contributed by atoms with Crippen LogP contribution >= 0.6 is 0 Å². The van der Waals surface area contributed by atoms with Crippen molar-refractivity contribution in [3.63, 3.8) is 0 Å². The summed E-state index contributed by atoms with van der Waals surface area (Å²) in [6, 6.07) is 10.1. The summed E-state index contributed by atoms with van der Waals surface area (Å²) in [4.78, 5) is 11.2. The van der Waals surface area contributed by atoms with Crippen molar-refractivity contribution in [2.75, 3.05) is 31.2 Å². The van der Waals surface area contributed by atoms with Crippen molar-refractivity contribution >= 4 is 5.95 Å². The highest BCUT2D eigenvalue weighted by Gasteiger charge is 2.14. The molecule has 0 saturated carbocycles. The third-order valence-electron chi connectivity index (χ3n) is 3.42. The molecule has 2 N–H and O–H groups in total. The fourth-order valence-electron chi connectivity index (χ4n) is 2.24. The second-order valence-electron chi connectivity index (χ2n) is 4.74. The Balaban J connectivity index is 1.85. The molecule has 1 fully saturated rings. The summed E-state index contributed by atoms with van der Waals surface area (Å²) in [7, 11) is 0. The second-order valence-corrected chi connectivity index (χ2v) is 4.74. The first-order chi connectivity index (χ1) is 9.86. The van der Waals surface area contributed by atoms with E-state index in [4.69, 9.17) is 10.5 Å². The number of ether oxygens (including phenoxy) is 1. The van der Waals surface area contributed by atoms with E-state index < -0.39 is 0 Å². The maximum absolute atomic E-state index is 5.62. The Morgan fingerprint density at radius 2 is 1.85 bits per heavy atom. The van der Waals surface area contributed by atoms with Gasteiger partial charge in [-0.15, -0.1) is 0 Å². The molecule has 0 atom stereocenters. The molecule has 0 amide bonds. The van der Waals surface area contributed by atoms with Gasteiger partial charge in [0.15, 0.2) is 0 Å². The summed E-state index contributed by atoms with van der Waals surface area (Å²) >= 11 is 0. The second kappa shape index (κ2) is 5.98. The maximum atomic E-state index is 5.62. The van der Waals surface area contributed by atoms with Crippen molar-refractivity contribution in [1.29, 1.82) is 0 Å². The fraction of sp³-hybridized carbons (Fsp3) is 0.333. The van der Waals surface area contributed by atoms with Gasteiger partial charge in [0.1, 0.15) is 0 Å². The molecule has 2 heterocycles. The number of morpholine rings is 1. The Bertz CT molecular complexity index is 564. The molecule has 0 unspecified atom stereocenters. The van der Waals surface area contributed by atoms with E-state index in [9.17, 15) is 0 Å². The van der Waals surface area contributed by atoms with Gasteiger partial charge >= 0.3 is 0 Å². The van der Waals surface area contributed by atoms with Crippen molar-refractivity contribution in [1.82, 2.24) is 9.97 Å². The molecule has 1 saturated heterocycles. The van der Waals surface area contributed by atoms with Crippen LogP contribution in [-0.2, 0) is 11.3 Å². The quantitative estimate of drug-likeness (QED) is 0.914. The monoisotopic (exact) mass is 270 g/mol. The highest BCUT2D eigenvalue weighted by Crippen LogP contribution is 2.20. The first-order valence-corrected chi connectivity index (χ1v) is 6.82. The zero-order valence-corrected chi connectivity index (χ0v) is 11.3. The summed E-state index contributed by atoms with van der Waals surface area (Å²) in [6.45, 7) is 3.71. The van der Waals surface area contributed by atoms with Crippen LogP contribution in [0.25, 0.3) is 11.3 Å². The molecule has 2 aromatic rings. The number of rotatable bonds is 3. The van der Waals surface area contributed by atoms with Crippen molar-refractivity contribution in [3.8, 4) is 11.3 Å². The third-order valence-corrected chi connectivity index (χ3v) is 3.42. The summed E-state index contributed by atoms with van der Waals surface area (Å²) < 4.78 is 5.35. The van der Waals surface area contributed by atoms with Crippen molar-refractivity contribution in [2.24, 2.45) is 5.73 Å². The molecule has 0 radical (unpaired) electrons. The first-order valence-electron chi connectivity index (χ1n) is 6.82. The molecule has 5 nitrogen and oxygen atoms in total. The highest BCUT2D eigenvalue weighted by atomic mass is 16.5. The minimum absolute atomic E-state index is 0.559. The van der Waals surface area contributed by atoms with E-state index in [1.165, 1.54) is 0 Å². The van der Waals surface area contributed by atoms with E-state index in [0.717, 1.165) is 49.1 Å². The van der Waals surface area contributed by atoms with Crippen LogP contribution in [0.3, 0.4) is 0 Å². The number of nitrogens with two attached hydrogens (primary N) is 1. The van der Waals surface area contributed by atoms with E-state index in [0.29, 0.717) is 6.54 Å². The molecule has 0 bridgehead atoms. The Kier molecular flexibility index (Phi) is 3.90. The van der Waals surface area contributed by atoms with Gasteiger partial charge in [0.2, 0.25) is 5.95 Å². The van der Waals surface area contributed by atoms with Gasteiger partial charge in [0.05, 0.1) is 18.9 Å². The van der Waals surface area contributed by atoms with Crippen LogP contribution in [0.15, 0.2) is 36.5 Å². The maximum Gasteiger partial charge on any atom is 0.226 e. The van der Waals surface area contributed by atoms with Crippen molar-refractivity contribution in [3.05, 3.63) is 42.1 Å². The number of hydrogen-bond donors (Lipinski definition) is 1. The average Bonchev–Trinajstić information content (AvgIpc) is 2.56. The highest BCUT2D eigenvalue weighted by molar-refractivity contribution is 5.60. The normalized spacial score (nSPS) is 15.3. The van der Waals surface area contributed by atoms with Crippen molar-refractivity contribution in [2.45, 2.75) is 6.54 Å². The molecular formula is C15H18N4O. The molecule has 3 rings (SSSR count). The minimum atomic E-state index is 0.559. The predicted octanol–water partition coefficient (Wildman–Crippen LogP) is 1.44.